The van der Waals surface area contributed by atoms with Crippen molar-refractivity contribution in [2.75, 3.05) is 0 Å². The summed E-state index contributed by atoms with van der Waals surface area (Å²) in [7, 11) is 0. The molecular formula is C11H13ClO3. The summed E-state index contributed by atoms with van der Waals surface area (Å²) >= 11 is 5.81. The van der Waals surface area contributed by atoms with Crippen molar-refractivity contribution in [1.29, 1.82) is 0 Å². The first-order valence-electron chi connectivity index (χ1n) is 4.54. The Morgan fingerprint density at radius 1 is 1.27 bits per heavy atom. The average Bonchev–Trinajstić information content (AvgIpc) is 2.05. The lowest BCUT2D eigenvalue weighted by atomic mass is 10.2. The standard InChI is InChI=1S/C11H13ClO3/c1-11(2,3)15-10(13)14-9-7-5-4-6-8(9)12/h4-7H,1-3H3. The van der Waals surface area contributed by atoms with Crippen LogP contribution in [-0.2, 0) is 4.74 Å². The van der Waals surface area contributed by atoms with Gasteiger partial charge in [-0.25, -0.2) is 4.79 Å². The zero-order chi connectivity index (χ0) is 11.5. The van der Waals surface area contributed by atoms with Gasteiger partial charge in [-0.05, 0) is 32.9 Å². The molecule has 82 valence electrons. The van der Waals surface area contributed by atoms with Crippen molar-refractivity contribution < 1.29 is 14.3 Å². The molecule has 0 aliphatic heterocycles. The molecule has 0 bridgehead atoms. The first-order valence-corrected chi connectivity index (χ1v) is 4.91. The number of hydrogen-bond donors (Lipinski definition) is 0. The SMILES string of the molecule is CC(C)(C)OC(=O)Oc1ccccc1Cl. The number of halogens is 1. The Bertz CT molecular complexity index is 355. The summed E-state index contributed by atoms with van der Waals surface area (Å²) in [5.41, 5.74) is -0.571. The molecule has 0 amide bonds. The number of rotatable bonds is 1. The van der Waals surface area contributed by atoms with Gasteiger partial charge in [0.25, 0.3) is 0 Å². The number of carbonyl (C=O) groups is 1. The monoisotopic (exact) mass is 228 g/mol. The highest BCUT2D eigenvalue weighted by atomic mass is 35.5. The second kappa shape index (κ2) is 4.53. The van der Waals surface area contributed by atoms with E-state index in [4.69, 9.17) is 21.1 Å². The number of para-hydroxylation sites is 1. The van der Waals surface area contributed by atoms with Gasteiger partial charge in [0.1, 0.15) is 5.60 Å². The molecule has 0 unspecified atom stereocenters. The maximum atomic E-state index is 11.3. The van der Waals surface area contributed by atoms with E-state index in [1.807, 2.05) is 0 Å². The third kappa shape index (κ3) is 4.21. The Labute approximate surface area is 93.9 Å². The molecule has 0 saturated heterocycles. The zero-order valence-electron chi connectivity index (χ0n) is 8.91. The van der Waals surface area contributed by atoms with Gasteiger partial charge >= 0.3 is 6.16 Å². The van der Waals surface area contributed by atoms with Crippen LogP contribution in [0.15, 0.2) is 24.3 Å². The van der Waals surface area contributed by atoms with Crippen LogP contribution in [-0.4, -0.2) is 11.8 Å². The average molecular weight is 229 g/mol. The fourth-order valence-electron chi connectivity index (χ4n) is 0.888. The van der Waals surface area contributed by atoms with E-state index in [1.165, 1.54) is 0 Å². The summed E-state index contributed by atoms with van der Waals surface area (Å²) in [6, 6.07) is 6.73. The molecule has 15 heavy (non-hydrogen) atoms. The quantitative estimate of drug-likeness (QED) is 0.544. The van der Waals surface area contributed by atoms with Crippen LogP contribution in [0.3, 0.4) is 0 Å². The Kier molecular flexibility index (Phi) is 3.58. The zero-order valence-corrected chi connectivity index (χ0v) is 9.67. The molecule has 1 aromatic rings. The summed E-state index contributed by atoms with van der Waals surface area (Å²) in [6.45, 7) is 5.29. The van der Waals surface area contributed by atoms with Gasteiger partial charge in [-0.1, -0.05) is 23.7 Å². The second-order valence-electron chi connectivity index (χ2n) is 4.00. The van der Waals surface area contributed by atoms with Crippen molar-refractivity contribution in [2.24, 2.45) is 0 Å². The van der Waals surface area contributed by atoms with Gasteiger partial charge in [0.15, 0.2) is 5.75 Å². The highest BCUT2D eigenvalue weighted by Crippen LogP contribution is 2.24. The Balaban J connectivity index is 2.64. The van der Waals surface area contributed by atoms with Gasteiger partial charge in [-0.2, -0.15) is 0 Å². The van der Waals surface area contributed by atoms with E-state index >= 15 is 0 Å². The van der Waals surface area contributed by atoms with Crippen molar-refractivity contribution in [3.05, 3.63) is 29.3 Å². The van der Waals surface area contributed by atoms with Crippen LogP contribution in [0.1, 0.15) is 20.8 Å². The van der Waals surface area contributed by atoms with Crippen LogP contribution in [0.4, 0.5) is 4.79 Å². The van der Waals surface area contributed by atoms with Crippen molar-refractivity contribution >= 4 is 17.8 Å². The van der Waals surface area contributed by atoms with E-state index in [0.29, 0.717) is 10.8 Å². The van der Waals surface area contributed by atoms with Gasteiger partial charge in [0.2, 0.25) is 0 Å². The lowest BCUT2D eigenvalue weighted by Crippen LogP contribution is -2.26. The van der Waals surface area contributed by atoms with Gasteiger partial charge in [0, 0.05) is 0 Å². The molecule has 0 aliphatic carbocycles. The van der Waals surface area contributed by atoms with Crippen molar-refractivity contribution in [2.45, 2.75) is 26.4 Å². The van der Waals surface area contributed by atoms with Crippen LogP contribution in [0.5, 0.6) is 5.75 Å². The molecule has 0 N–H and O–H groups in total. The van der Waals surface area contributed by atoms with Crippen LogP contribution in [0, 0.1) is 0 Å². The van der Waals surface area contributed by atoms with Crippen molar-refractivity contribution in [1.82, 2.24) is 0 Å². The molecule has 1 aromatic carbocycles. The molecule has 0 saturated carbocycles. The largest absolute Gasteiger partial charge is 0.514 e. The highest BCUT2D eigenvalue weighted by Gasteiger charge is 2.18. The number of hydrogen-bond acceptors (Lipinski definition) is 3. The van der Waals surface area contributed by atoms with Gasteiger partial charge in [0.05, 0.1) is 5.02 Å². The van der Waals surface area contributed by atoms with Crippen LogP contribution in [0.2, 0.25) is 5.02 Å². The number of ether oxygens (including phenoxy) is 2. The Morgan fingerprint density at radius 2 is 1.87 bits per heavy atom. The topological polar surface area (TPSA) is 35.5 Å². The summed E-state index contributed by atoms with van der Waals surface area (Å²) < 4.78 is 9.90. The van der Waals surface area contributed by atoms with Crippen LogP contribution in [0.25, 0.3) is 0 Å². The lowest BCUT2D eigenvalue weighted by Gasteiger charge is -2.18. The normalized spacial score (nSPS) is 10.9. The number of carbonyl (C=O) groups excluding carboxylic acids is 1. The maximum Gasteiger partial charge on any atom is 0.514 e. The summed E-state index contributed by atoms with van der Waals surface area (Å²) in [5.74, 6) is 0.299. The van der Waals surface area contributed by atoms with E-state index in [2.05, 4.69) is 0 Å². The third-order valence-electron chi connectivity index (χ3n) is 1.42. The predicted octanol–water partition coefficient (Wildman–Crippen LogP) is 3.65. The van der Waals surface area contributed by atoms with Crippen LogP contribution >= 0.6 is 11.6 Å². The van der Waals surface area contributed by atoms with E-state index in [-0.39, 0.29) is 0 Å². The van der Waals surface area contributed by atoms with E-state index in [9.17, 15) is 4.79 Å². The van der Waals surface area contributed by atoms with E-state index < -0.39 is 11.8 Å². The molecule has 0 aliphatic rings. The molecule has 0 aromatic heterocycles. The first kappa shape index (κ1) is 11.9. The third-order valence-corrected chi connectivity index (χ3v) is 1.73. The fraction of sp³-hybridized carbons (Fsp3) is 0.364. The number of benzene rings is 1. The maximum absolute atomic E-state index is 11.3. The molecule has 0 radical (unpaired) electrons. The molecule has 1 rings (SSSR count). The molecule has 0 atom stereocenters. The van der Waals surface area contributed by atoms with Gasteiger partial charge in [-0.3, -0.25) is 0 Å². The van der Waals surface area contributed by atoms with Crippen molar-refractivity contribution in [3.8, 4) is 5.75 Å². The molecule has 0 fully saturated rings. The first-order chi connectivity index (χ1) is 6.88. The van der Waals surface area contributed by atoms with E-state index in [1.54, 1.807) is 45.0 Å². The molecule has 0 spiro atoms. The molecule has 0 heterocycles. The Hall–Kier alpha value is -1.22. The van der Waals surface area contributed by atoms with Crippen molar-refractivity contribution in [3.63, 3.8) is 0 Å². The smallest absolute Gasteiger partial charge is 0.428 e. The summed E-state index contributed by atoms with van der Waals surface area (Å²) in [5, 5.41) is 0.378. The molecule has 4 heteroatoms. The van der Waals surface area contributed by atoms with Crippen LogP contribution < -0.4 is 4.74 Å². The van der Waals surface area contributed by atoms with Gasteiger partial charge in [-0.15, -0.1) is 0 Å². The molecular weight excluding hydrogens is 216 g/mol. The minimum atomic E-state index is -0.754. The predicted molar refractivity (Wildman–Crippen MR) is 58.3 cm³/mol. The minimum absolute atomic E-state index is 0.299. The minimum Gasteiger partial charge on any atom is -0.428 e. The Morgan fingerprint density at radius 3 is 2.40 bits per heavy atom. The summed E-state index contributed by atoms with van der Waals surface area (Å²) in [4.78, 5) is 11.3. The lowest BCUT2D eigenvalue weighted by molar-refractivity contribution is 0.0206. The molecule has 3 nitrogen and oxygen atoms in total. The highest BCUT2D eigenvalue weighted by molar-refractivity contribution is 6.32. The van der Waals surface area contributed by atoms with Gasteiger partial charge < -0.3 is 9.47 Å². The van der Waals surface area contributed by atoms with E-state index in [0.717, 1.165) is 0 Å². The fourth-order valence-corrected chi connectivity index (χ4v) is 1.06. The summed E-state index contributed by atoms with van der Waals surface area (Å²) in [6.07, 6.45) is -0.754. The second-order valence-corrected chi connectivity index (χ2v) is 4.40.